The van der Waals surface area contributed by atoms with Crippen molar-refractivity contribution in [2.45, 2.75) is 6.92 Å². The third-order valence-corrected chi connectivity index (χ3v) is 3.84. The van der Waals surface area contributed by atoms with Crippen LogP contribution < -0.4 is 10.5 Å². The van der Waals surface area contributed by atoms with Crippen molar-refractivity contribution in [3.63, 3.8) is 0 Å². The molecule has 3 aromatic rings. The lowest BCUT2D eigenvalue weighted by Crippen LogP contribution is -2.17. The number of nitrogens with two attached hydrogens (primary N) is 1. The van der Waals surface area contributed by atoms with Gasteiger partial charge in [-0.1, -0.05) is 6.07 Å². The van der Waals surface area contributed by atoms with Crippen molar-refractivity contribution in [2.75, 3.05) is 13.2 Å². The number of pyridine rings is 2. The lowest BCUT2D eigenvalue weighted by Gasteiger charge is -2.07. The van der Waals surface area contributed by atoms with Crippen LogP contribution in [0.4, 0.5) is 4.79 Å². The molecule has 0 saturated heterocycles. The average molecular weight is 379 g/mol. The Balaban J connectivity index is 1.79. The van der Waals surface area contributed by atoms with Gasteiger partial charge in [-0.05, 0) is 43.3 Å². The van der Waals surface area contributed by atoms with Crippen molar-refractivity contribution >= 4 is 28.6 Å². The number of hydrogen-bond donors (Lipinski definition) is 1. The molecule has 0 fully saturated rings. The Morgan fingerprint density at radius 3 is 2.61 bits per heavy atom. The van der Waals surface area contributed by atoms with E-state index in [4.69, 9.17) is 10.5 Å². The molecule has 28 heavy (non-hydrogen) atoms. The van der Waals surface area contributed by atoms with Crippen LogP contribution in [-0.2, 0) is 4.74 Å². The predicted molar refractivity (Wildman–Crippen MR) is 100 cm³/mol. The fraction of sp³-hybridized carbons (Fsp3) is 0.150. The number of hydrogen-bond acceptors (Lipinski definition) is 7. The van der Waals surface area contributed by atoms with E-state index >= 15 is 0 Å². The van der Waals surface area contributed by atoms with Gasteiger partial charge in [-0.3, -0.25) is 14.6 Å². The van der Waals surface area contributed by atoms with Crippen molar-refractivity contribution in [2.24, 2.45) is 5.73 Å². The number of carbonyl (C=O) groups is 3. The number of benzene rings is 1. The van der Waals surface area contributed by atoms with Crippen molar-refractivity contribution in [1.82, 2.24) is 9.97 Å². The Hall–Kier alpha value is -3.81. The molecule has 0 bridgehead atoms. The summed E-state index contributed by atoms with van der Waals surface area (Å²) >= 11 is 0. The molecule has 0 unspecified atom stereocenters. The zero-order valence-corrected chi connectivity index (χ0v) is 15.0. The summed E-state index contributed by atoms with van der Waals surface area (Å²) in [5.74, 6) is -0.898. The summed E-state index contributed by atoms with van der Waals surface area (Å²) in [5.41, 5.74) is 6.51. The summed E-state index contributed by atoms with van der Waals surface area (Å²) in [6, 6.07) is 11.4. The average Bonchev–Trinajstić information content (AvgIpc) is 2.69. The van der Waals surface area contributed by atoms with Crippen molar-refractivity contribution < 1.29 is 23.9 Å². The molecule has 0 atom stereocenters. The third-order valence-electron chi connectivity index (χ3n) is 3.84. The quantitative estimate of drug-likeness (QED) is 0.380. The monoisotopic (exact) mass is 379 g/mol. The molecule has 0 spiro atoms. The van der Waals surface area contributed by atoms with Gasteiger partial charge in [-0.2, -0.15) is 0 Å². The van der Waals surface area contributed by atoms with Gasteiger partial charge in [0.15, 0.2) is 0 Å². The van der Waals surface area contributed by atoms with Gasteiger partial charge >= 0.3 is 6.09 Å². The minimum Gasteiger partial charge on any atom is -0.488 e. The summed E-state index contributed by atoms with van der Waals surface area (Å²) in [6.45, 7) is 1.86. The van der Waals surface area contributed by atoms with Gasteiger partial charge in [0.05, 0.1) is 11.7 Å². The van der Waals surface area contributed by atoms with Crippen molar-refractivity contribution in [3.8, 4) is 5.75 Å². The second-order valence-electron chi connectivity index (χ2n) is 5.92. The van der Waals surface area contributed by atoms with E-state index in [0.29, 0.717) is 22.3 Å². The Morgan fingerprint density at radius 2 is 1.86 bits per heavy atom. The minimum atomic E-state index is -0.879. The molecule has 3 rings (SSSR count). The van der Waals surface area contributed by atoms with Crippen LogP contribution in [0.5, 0.6) is 5.75 Å². The number of fused-ring (bicyclic) bond motifs is 1. The fourth-order valence-electron chi connectivity index (χ4n) is 2.55. The molecule has 0 saturated carbocycles. The first kappa shape index (κ1) is 19.0. The second-order valence-corrected chi connectivity index (χ2v) is 5.92. The molecule has 2 heterocycles. The highest BCUT2D eigenvalue weighted by Gasteiger charge is 2.20. The van der Waals surface area contributed by atoms with Crippen LogP contribution in [-0.4, -0.2) is 40.8 Å². The van der Waals surface area contributed by atoms with Crippen LogP contribution in [0, 0.1) is 6.92 Å². The topological polar surface area (TPSA) is 121 Å². The minimum absolute atomic E-state index is 0.00386. The molecule has 1 aromatic carbocycles. The lowest BCUT2D eigenvalue weighted by molar-refractivity contribution is 0.0814. The molecule has 8 nitrogen and oxygen atoms in total. The molecule has 8 heteroatoms. The molecule has 0 aliphatic carbocycles. The van der Waals surface area contributed by atoms with Gasteiger partial charge in [0, 0.05) is 16.6 Å². The largest absolute Gasteiger partial charge is 0.488 e. The van der Waals surface area contributed by atoms with Crippen LogP contribution in [0.1, 0.15) is 26.5 Å². The molecule has 0 aliphatic rings. The van der Waals surface area contributed by atoms with E-state index in [-0.39, 0.29) is 24.5 Å². The second kappa shape index (κ2) is 8.26. The highest BCUT2D eigenvalue weighted by atomic mass is 16.6. The molecular weight excluding hydrogens is 362 g/mol. The normalized spacial score (nSPS) is 10.5. The molecule has 0 radical (unpaired) electrons. The van der Waals surface area contributed by atoms with E-state index in [2.05, 4.69) is 14.7 Å². The highest BCUT2D eigenvalue weighted by molar-refractivity contribution is 6.49. The SMILES string of the molecule is Cc1cccc(C(=O)C(=O)c2ccc3ncc(OCCOC(N)=O)cc3c2)n1. The Labute approximate surface area is 160 Å². The lowest BCUT2D eigenvalue weighted by atomic mass is 10.0. The Bertz CT molecular complexity index is 1060. The molecular formula is C20H17N3O5. The molecule has 2 aromatic heterocycles. The fourth-order valence-corrected chi connectivity index (χ4v) is 2.55. The van der Waals surface area contributed by atoms with E-state index in [1.807, 2.05) is 0 Å². The summed E-state index contributed by atoms with van der Waals surface area (Å²) in [6.07, 6.45) is 0.631. The molecule has 2 N–H and O–H groups in total. The van der Waals surface area contributed by atoms with Crippen LogP contribution >= 0.6 is 0 Å². The summed E-state index contributed by atoms with van der Waals surface area (Å²) < 4.78 is 10.0. The summed E-state index contributed by atoms with van der Waals surface area (Å²) in [5, 5.41) is 0.629. The van der Waals surface area contributed by atoms with Gasteiger partial charge in [-0.15, -0.1) is 0 Å². The standard InChI is InChI=1S/C20H17N3O5/c1-12-3-2-4-17(23-12)19(25)18(24)13-5-6-16-14(9-13)10-15(11-22-16)27-7-8-28-20(21)26/h2-6,9-11H,7-8H2,1H3,(H2,21,26). The van der Waals surface area contributed by atoms with Gasteiger partial charge in [0.1, 0.15) is 24.7 Å². The highest BCUT2D eigenvalue weighted by Crippen LogP contribution is 2.20. The van der Waals surface area contributed by atoms with Crippen molar-refractivity contribution in [1.29, 1.82) is 0 Å². The summed E-state index contributed by atoms with van der Waals surface area (Å²) in [4.78, 5) is 43.9. The van der Waals surface area contributed by atoms with E-state index < -0.39 is 17.7 Å². The third kappa shape index (κ3) is 4.47. The number of aromatic nitrogens is 2. The number of aryl methyl sites for hydroxylation is 1. The van der Waals surface area contributed by atoms with Gasteiger partial charge in [0.25, 0.3) is 5.78 Å². The zero-order valence-electron chi connectivity index (χ0n) is 15.0. The number of primary amides is 1. The smallest absolute Gasteiger partial charge is 0.404 e. The molecule has 1 amide bonds. The van der Waals surface area contributed by atoms with Gasteiger partial charge in [-0.25, -0.2) is 9.78 Å². The Morgan fingerprint density at radius 1 is 1.04 bits per heavy atom. The zero-order chi connectivity index (χ0) is 20.1. The Kier molecular flexibility index (Phi) is 5.59. The maximum absolute atomic E-state index is 12.6. The number of ketones is 2. The predicted octanol–water partition coefficient (Wildman–Crippen LogP) is 2.48. The number of ether oxygens (including phenoxy) is 2. The maximum atomic E-state index is 12.6. The van der Waals surface area contributed by atoms with Gasteiger partial charge in [0.2, 0.25) is 5.78 Å². The van der Waals surface area contributed by atoms with Crippen LogP contribution in [0.15, 0.2) is 48.7 Å². The number of carbonyl (C=O) groups excluding carboxylic acids is 3. The number of Topliss-reactive ketones (excluding diaryl/α,β-unsaturated/α-hetero) is 2. The first-order valence-corrected chi connectivity index (χ1v) is 8.41. The number of amides is 1. The van der Waals surface area contributed by atoms with Crippen LogP contribution in [0.25, 0.3) is 10.9 Å². The van der Waals surface area contributed by atoms with Crippen molar-refractivity contribution in [3.05, 3.63) is 65.6 Å². The maximum Gasteiger partial charge on any atom is 0.404 e. The van der Waals surface area contributed by atoms with Crippen LogP contribution in [0.3, 0.4) is 0 Å². The van der Waals surface area contributed by atoms with Gasteiger partial charge < -0.3 is 15.2 Å². The number of nitrogens with zero attached hydrogens (tertiary/aromatic N) is 2. The van der Waals surface area contributed by atoms with E-state index in [9.17, 15) is 14.4 Å². The van der Waals surface area contributed by atoms with E-state index in [1.165, 1.54) is 12.3 Å². The first-order chi connectivity index (χ1) is 13.4. The number of rotatable bonds is 7. The molecule has 142 valence electrons. The van der Waals surface area contributed by atoms with E-state index in [1.54, 1.807) is 43.3 Å². The molecule has 0 aliphatic heterocycles. The first-order valence-electron chi connectivity index (χ1n) is 8.41. The summed E-state index contributed by atoms with van der Waals surface area (Å²) in [7, 11) is 0. The van der Waals surface area contributed by atoms with Crippen LogP contribution in [0.2, 0.25) is 0 Å². The van der Waals surface area contributed by atoms with E-state index in [0.717, 1.165) is 0 Å².